The summed E-state index contributed by atoms with van der Waals surface area (Å²) >= 11 is 0. The SMILES string of the molecule is C=Cc1ccc(C(C)(C)NC(C)N(CC)NC)cc1. The summed E-state index contributed by atoms with van der Waals surface area (Å²) in [7, 11) is 1.95. The monoisotopic (exact) mass is 261 g/mol. The summed E-state index contributed by atoms with van der Waals surface area (Å²) < 4.78 is 0. The van der Waals surface area contributed by atoms with Gasteiger partial charge in [-0.05, 0) is 38.9 Å². The van der Waals surface area contributed by atoms with Crippen molar-refractivity contribution in [2.24, 2.45) is 0 Å². The van der Waals surface area contributed by atoms with E-state index in [2.05, 4.69) is 74.3 Å². The lowest BCUT2D eigenvalue weighted by Gasteiger charge is -2.36. The van der Waals surface area contributed by atoms with E-state index in [4.69, 9.17) is 0 Å². The van der Waals surface area contributed by atoms with Gasteiger partial charge in [0.1, 0.15) is 0 Å². The third kappa shape index (κ3) is 4.16. The molecular weight excluding hydrogens is 234 g/mol. The van der Waals surface area contributed by atoms with E-state index in [1.165, 1.54) is 5.56 Å². The van der Waals surface area contributed by atoms with Crippen LogP contribution in [0.5, 0.6) is 0 Å². The van der Waals surface area contributed by atoms with Crippen LogP contribution in [0.15, 0.2) is 30.8 Å². The van der Waals surface area contributed by atoms with Crippen molar-refractivity contribution in [3.8, 4) is 0 Å². The number of hydrogen-bond acceptors (Lipinski definition) is 3. The average molecular weight is 261 g/mol. The zero-order chi connectivity index (χ0) is 14.5. The van der Waals surface area contributed by atoms with Gasteiger partial charge in [-0.3, -0.25) is 10.7 Å². The summed E-state index contributed by atoms with van der Waals surface area (Å²) in [6.45, 7) is 13.5. The molecule has 0 aromatic heterocycles. The van der Waals surface area contributed by atoms with Gasteiger partial charge in [0.15, 0.2) is 0 Å². The summed E-state index contributed by atoms with van der Waals surface area (Å²) in [6.07, 6.45) is 2.12. The molecule has 0 heterocycles. The van der Waals surface area contributed by atoms with E-state index in [0.29, 0.717) is 0 Å². The molecule has 0 saturated carbocycles. The van der Waals surface area contributed by atoms with Gasteiger partial charge in [0, 0.05) is 12.1 Å². The summed E-state index contributed by atoms with van der Waals surface area (Å²) in [5.74, 6) is 0. The summed E-state index contributed by atoms with van der Waals surface area (Å²) in [4.78, 5) is 0. The number of rotatable bonds is 7. The van der Waals surface area contributed by atoms with Crippen molar-refractivity contribution in [2.75, 3.05) is 13.6 Å². The van der Waals surface area contributed by atoms with E-state index in [1.54, 1.807) is 0 Å². The van der Waals surface area contributed by atoms with E-state index in [-0.39, 0.29) is 11.7 Å². The summed E-state index contributed by atoms with van der Waals surface area (Å²) in [5.41, 5.74) is 5.55. The molecule has 0 radical (unpaired) electrons. The lowest BCUT2D eigenvalue weighted by Crippen LogP contribution is -2.54. The molecule has 3 heteroatoms. The maximum atomic E-state index is 3.79. The van der Waals surface area contributed by atoms with Gasteiger partial charge < -0.3 is 0 Å². The highest BCUT2D eigenvalue weighted by atomic mass is 15.5. The average Bonchev–Trinajstić information content (AvgIpc) is 2.39. The van der Waals surface area contributed by atoms with Gasteiger partial charge in [-0.15, -0.1) is 0 Å². The Morgan fingerprint density at radius 1 is 1.32 bits per heavy atom. The largest absolute Gasteiger partial charge is 0.292 e. The third-order valence-electron chi connectivity index (χ3n) is 3.53. The number of hydrogen-bond donors (Lipinski definition) is 2. The van der Waals surface area contributed by atoms with Crippen LogP contribution in [0.25, 0.3) is 6.08 Å². The van der Waals surface area contributed by atoms with E-state index in [0.717, 1.165) is 12.1 Å². The molecule has 0 amide bonds. The summed E-state index contributed by atoms with van der Waals surface area (Å²) in [5, 5.41) is 5.82. The number of nitrogens with one attached hydrogen (secondary N) is 2. The quantitative estimate of drug-likeness (QED) is 0.584. The molecule has 0 aliphatic heterocycles. The molecule has 0 aliphatic rings. The van der Waals surface area contributed by atoms with Crippen molar-refractivity contribution in [2.45, 2.75) is 39.4 Å². The topological polar surface area (TPSA) is 27.3 Å². The van der Waals surface area contributed by atoms with Crippen molar-refractivity contribution >= 4 is 6.08 Å². The van der Waals surface area contributed by atoms with Crippen molar-refractivity contribution < 1.29 is 0 Å². The van der Waals surface area contributed by atoms with Crippen LogP contribution >= 0.6 is 0 Å². The molecule has 0 spiro atoms. The molecule has 0 bridgehead atoms. The summed E-state index contributed by atoms with van der Waals surface area (Å²) in [6, 6.07) is 8.52. The molecule has 1 rings (SSSR count). The van der Waals surface area contributed by atoms with Crippen LogP contribution in [0.4, 0.5) is 0 Å². The van der Waals surface area contributed by atoms with Crippen molar-refractivity contribution in [1.82, 2.24) is 15.8 Å². The Morgan fingerprint density at radius 2 is 1.89 bits per heavy atom. The molecule has 1 atom stereocenters. The number of hydrazine groups is 1. The van der Waals surface area contributed by atoms with Crippen LogP contribution in [0.3, 0.4) is 0 Å². The Labute approximate surface area is 117 Å². The standard InChI is InChI=1S/C16H27N3/c1-7-14-9-11-15(12-10-14)16(4,5)18-13(3)19(8-2)17-6/h7,9-13,17-18H,1,8H2,2-6H3. The van der Waals surface area contributed by atoms with Crippen molar-refractivity contribution in [3.63, 3.8) is 0 Å². The fourth-order valence-electron chi connectivity index (χ4n) is 2.34. The molecular formula is C16H27N3. The van der Waals surface area contributed by atoms with Crippen LogP contribution in [0.2, 0.25) is 0 Å². The highest BCUT2D eigenvalue weighted by Crippen LogP contribution is 2.21. The first-order valence-electron chi connectivity index (χ1n) is 6.89. The minimum absolute atomic E-state index is 0.0800. The molecule has 19 heavy (non-hydrogen) atoms. The third-order valence-corrected chi connectivity index (χ3v) is 3.53. The molecule has 106 valence electrons. The smallest absolute Gasteiger partial charge is 0.0710 e. The number of benzene rings is 1. The Morgan fingerprint density at radius 3 is 2.32 bits per heavy atom. The minimum Gasteiger partial charge on any atom is -0.292 e. The van der Waals surface area contributed by atoms with Gasteiger partial charge in [-0.25, -0.2) is 5.01 Å². The second-order valence-electron chi connectivity index (χ2n) is 5.28. The van der Waals surface area contributed by atoms with Gasteiger partial charge >= 0.3 is 0 Å². The highest BCUT2D eigenvalue weighted by Gasteiger charge is 2.24. The molecule has 0 aliphatic carbocycles. The van der Waals surface area contributed by atoms with E-state index in [1.807, 2.05) is 13.1 Å². The van der Waals surface area contributed by atoms with Crippen LogP contribution in [-0.2, 0) is 5.54 Å². The zero-order valence-corrected chi connectivity index (χ0v) is 12.8. The molecule has 3 nitrogen and oxygen atoms in total. The molecule has 1 aromatic carbocycles. The van der Waals surface area contributed by atoms with E-state index in [9.17, 15) is 0 Å². The van der Waals surface area contributed by atoms with Crippen LogP contribution in [-0.4, -0.2) is 24.8 Å². The highest BCUT2D eigenvalue weighted by molar-refractivity contribution is 5.47. The van der Waals surface area contributed by atoms with Crippen LogP contribution in [0.1, 0.15) is 38.8 Å². The first kappa shape index (κ1) is 15.9. The lowest BCUT2D eigenvalue weighted by molar-refractivity contribution is 0.106. The van der Waals surface area contributed by atoms with Crippen LogP contribution in [0, 0.1) is 0 Å². The normalized spacial score (nSPS) is 13.6. The first-order chi connectivity index (χ1) is 8.94. The van der Waals surface area contributed by atoms with E-state index >= 15 is 0 Å². The van der Waals surface area contributed by atoms with Crippen molar-refractivity contribution in [1.29, 1.82) is 0 Å². The Bertz CT molecular complexity index is 391. The van der Waals surface area contributed by atoms with Gasteiger partial charge in [0.25, 0.3) is 0 Å². The van der Waals surface area contributed by atoms with Crippen LogP contribution < -0.4 is 10.7 Å². The predicted octanol–water partition coefficient (Wildman–Crippen LogP) is 2.96. The fourth-order valence-corrected chi connectivity index (χ4v) is 2.34. The Hall–Kier alpha value is -1.16. The second-order valence-corrected chi connectivity index (χ2v) is 5.28. The molecule has 0 fully saturated rings. The Balaban J connectivity index is 2.81. The van der Waals surface area contributed by atoms with Gasteiger partial charge in [0.05, 0.1) is 6.17 Å². The maximum absolute atomic E-state index is 3.79. The fraction of sp³-hybridized carbons (Fsp3) is 0.500. The number of nitrogens with zero attached hydrogens (tertiary/aromatic N) is 1. The molecule has 0 saturated heterocycles. The maximum Gasteiger partial charge on any atom is 0.0710 e. The van der Waals surface area contributed by atoms with Gasteiger partial charge in [0.2, 0.25) is 0 Å². The molecule has 1 unspecified atom stereocenters. The van der Waals surface area contributed by atoms with E-state index < -0.39 is 0 Å². The second kappa shape index (κ2) is 6.85. The lowest BCUT2D eigenvalue weighted by atomic mass is 9.93. The van der Waals surface area contributed by atoms with Crippen molar-refractivity contribution in [3.05, 3.63) is 42.0 Å². The molecule has 2 N–H and O–H groups in total. The molecule has 1 aromatic rings. The Kier molecular flexibility index (Phi) is 5.73. The minimum atomic E-state index is -0.0800. The predicted molar refractivity (Wildman–Crippen MR) is 83.6 cm³/mol. The first-order valence-corrected chi connectivity index (χ1v) is 6.89. The van der Waals surface area contributed by atoms with Gasteiger partial charge in [-0.1, -0.05) is 43.8 Å². The van der Waals surface area contributed by atoms with Gasteiger partial charge in [-0.2, -0.15) is 0 Å². The zero-order valence-electron chi connectivity index (χ0n) is 12.8.